The van der Waals surface area contributed by atoms with Gasteiger partial charge in [0.2, 0.25) is 0 Å². The van der Waals surface area contributed by atoms with Crippen molar-refractivity contribution in [3.05, 3.63) is 40.8 Å². The molecule has 0 saturated carbocycles. The zero-order valence-corrected chi connectivity index (χ0v) is 10.7. The SMILES string of the molecule is C[C@H](CCC(=O)O)n1ccc2c(N)cccc2c1=O. The summed E-state index contributed by atoms with van der Waals surface area (Å²) in [6, 6.07) is 6.86. The molecule has 19 heavy (non-hydrogen) atoms. The summed E-state index contributed by atoms with van der Waals surface area (Å²) < 4.78 is 1.56. The van der Waals surface area contributed by atoms with Crippen molar-refractivity contribution >= 4 is 22.4 Å². The molecule has 3 N–H and O–H groups in total. The number of carboxylic acid groups (broad SMARTS) is 1. The van der Waals surface area contributed by atoms with Crippen molar-refractivity contribution in [2.75, 3.05) is 5.73 Å². The van der Waals surface area contributed by atoms with Crippen molar-refractivity contribution in [3.63, 3.8) is 0 Å². The highest BCUT2D eigenvalue weighted by Crippen LogP contribution is 2.19. The summed E-state index contributed by atoms with van der Waals surface area (Å²) in [4.78, 5) is 22.9. The molecule has 5 nitrogen and oxygen atoms in total. The zero-order chi connectivity index (χ0) is 14.0. The van der Waals surface area contributed by atoms with E-state index < -0.39 is 5.97 Å². The Bertz CT molecular complexity index is 676. The van der Waals surface area contributed by atoms with Crippen LogP contribution in [0, 0.1) is 0 Å². The lowest BCUT2D eigenvalue weighted by molar-refractivity contribution is -0.137. The molecule has 1 heterocycles. The number of hydrogen-bond donors (Lipinski definition) is 2. The molecular weight excluding hydrogens is 244 g/mol. The summed E-state index contributed by atoms with van der Waals surface area (Å²) in [6.07, 6.45) is 2.14. The van der Waals surface area contributed by atoms with E-state index in [1.165, 1.54) is 0 Å². The molecule has 100 valence electrons. The molecule has 5 heteroatoms. The molecule has 1 aromatic carbocycles. The monoisotopic (exact) mass is 260 g/mol. The Kier molecular flexibility index (Phi) is 3.55. The number of nitrogens with two attached hydrogens (primary N) is 1. The summed E-state index contributed by atoms with van der Waals surface area (Å²) in [7, 11) is 0. The fourth-order valence-electron chi connectivity index (χ4n) is 2.14. The van der Waals surface area contributed by atoms with Gasteiger partial charge in [-0.25, -0.2) is 0 Å². The van der Waals surface area contributed by atoms with Gasteiger partial charge >= 0.3 is 5.97 Å². The molecular formula is C14H16N2O3. The van der Waals surface area contributed by atoms with Crippen molar-refractivity contribution in [2.24, 2.45) is 0 Å². The number of hydrogen-bond acceptors (Lipinski definition) is 3. The molecule has 1 atom stereocenters. The van der Waals surface area contributed by atoms with Crippen LogP contribution in [0.2, 0.25) is 0 Å². The van der Waals surface area contributed by atoms with E-state index in [4.69, 9.17) is 10.8 Å². The number of anilines is 1. The zero-order valence-electron chi connectivity index (χ0n) is 10.7. The van der Waals surface area contributed by atoms with E-state index in [0.717, 1.165) is 5.39 Å². The average molecular weight is 260 g/mol. The minimum absolute atomic E-state index is 0.0442. The second-order valence-corrected chi connectivity index (χ2v) is 4.62. The van der Waals surface area contributed by atoms with Gasteiger partial charge < -0.3 is 15.4 Å². The standard InChI is InChI=1S/C14H16N2O3/c1-9(5-6-13(17)18)16-8-7-10-11(14(16)19)3-2-4-12(10)15/h2-4,7-9H,5-6,15H2,1H3,(H,17,18)/t9-/m1/s1. The lowest BCUT2D eigenvalue weighted by Gasteiger charge is -2.15. The maximum absolute atomic E-state index is 12.3. The first-order chi connectivity index (χ1) is 9.00. The number of nitrogens with zero attached hydrogens (tertiary/aromatic N) is 1. The van der Waals surface area contributed by atoms with E-state index in [0.29, 0.717) is 17.5 Å². The van der Waals surface area contributed by atoms with E-state index in [1.54, 1.807) is 35.0 Å². The lowest BCUT2D eigenvalue weighted by Crippen LogP contribution is -2.23. The number of benzene rings is 1. The first kappa shape index (κ1) is 13.1. The van der Waals surface area contributed by atoms with E-state index in [9.17, 15) is 9.59 Å². The third-order valence-corrected chi connectivity index (χ3v) is 3.26. The summed E-state index contributed by atoms with van der Waals surface area (Å²) >= 11 is 0. The van der Waals surface area contributed by atoms with Crippen LogP contribution < -0.4 is 11.3 Å². The first-order valence-electron chi connectivity index (χ1n) is 6.12. The number of pyridine rings is 1. The molecule has 0 aliphatic carbocycles. The topological polar surface area (TPSA) is 85.3 Å². The van der Waals surface area contributed by atoms with Gasteiger partial charge in [0.25, 0.3) is 5.56 Å². The van der Waals surface area contributed by atoms with Gasteiger partial charge in [0.05, 0.1) is 0 Å². The Balaban J connectivity index is 2.43. The molecule has 0 saturated heterocycles. The second kappa shape index (κ2) is 5.14. The molecule has 0 amide bonds. The van der Waals surface area contributed by atoms with Crippen molar-refractivity contribution in [1.29, 1.82) is 0 Å². The molecule has 0 radical (unpaired) electrons. The fourth-order valence-corrected chi connectivity index (χ4v) is 2.14. The number of aliphatic carboxylic acids is 1. The molecule has 2 rings (SSSR count). The minimum atomic E-state index is -0.857. The van der Waals surface area contributed by atoms with Gasteiger partial charge in [0.1, 0.15) is 0 Å². The molecule has 2 aromatic rings. The average Bonchev–Trinajstić information content (AvgIpc) is 2.37. The molecule has 0 bridgehead atoms. The summed E-state index contributed by atoms with van der Waals surface area (Å²) in [5.41, 5.74) is 6.26. The van der Waals surface area contributed by atoms with Crippen LogP contribution in [0.5, 0.6) is 0 Å². The number of aromatic nitrogens is 1. The highest BCUT2D eigenvalue weighted by molar-refractivity contribution is 5.91. The van der Waals surface area contributed by atoms with Crippen LogP contribution >= 0.6 is 0 Å². The highest BCUT2D eigenvalue weighted by atomic mass is 16.4. The smallest absolute Gasteiger partial charge is 0.303 e. The van der Waals surface area contributed by atoms with Gasteiger partial charge in [0.15, 0.2) is 0 Å². The number of nitrogen functional groups attached to an aromatic ring is 1. The molecule has 0 spiro atoms. The van der Waals surface area contributed by atoms with Crippen LogP contribution in [0.15, 0.2) is 35.3 Å². The molecule has 1 aromatic heterocycles. The Morgan fingerprint density at radius 2 is 2.11 bits per heavy atom. The van der Waals surface area contributed by atoms with Crippen LogP contribution in [0.1, 0.15) is 25.8 Å². The number of carboxylic acids is 1. The predicted octanol–water partition coefficient (Wildman–Crippen LogP) is 2.01. The molecule has 0 unspecified atom stereocenters. The Morgan fingerprint density at radius 3 is 2.79 bits per heavy atom. The first-order valence-corrected chi connectivity index (χ1v) is 6.12. The maximum Gasteiger partial charge on any atom is 0.303 e. The number of fused-ring (bicyclic) bond motifs is 1. The van der Waals surface area contributed by atoms with Crippen LogP contribution in [0.3, 0.4) is 0 Å². The lowest BCUT2D eigenvalue weighted by atomic mass is 10.1. The summed E-state index contributed by atoms with van der Waals surface area (Å²) in [5, 5.41) is 9.97. The molecule has 0 fully saturated rings. The van der Waals surface area contributed by atoms with Crippen LogP contribution in [-0.2, 0) is 4.79 Å². The Labute approximate surface area is 110 Å². The van der Waals surface area contributed by atoms with Crippen molar-refractivity contribution in [1.82, 2.24) is 4.57 Å². The summed E-state index contributed by atoms with van der Waals surface area (Å²) in [5.74, 6) is -0.857. The van der Waals surface area contributed by atoms with Gasteiger partial charge in [-0.3, -0.25) is 9.59 Å². The van der Waals surface area contributed by atoms with Gasteiger partial charge in [-0.05, 0) is 31.5 Å². The summed E-state index contributed by atoms with van der Waals surface area (Å²) in [6.45, 7) is 1.84. The third-order valence-electron chi connectivity index (χ3n) is 3.26. The maximum atomic E-state index is 12.3. The minimum Gasteiger partial charge on any atom is -0.481 e. The van der Waals surface area contributed by atoms with Crippen LogP contribution in [0.25, 0.3) is 10.8 Å². The highest BCUT2D eigenvalue weighted by Gasteiger charge is 2.11. The van der Waals surface area contributed by atoms with E-state index in [2.05, 4.69) is 0 Å². The predicted molar refractivity (Wildman–Crippen MR) is 74.2 cm³/mol. The normalized spacial score (nSPS) is 12.5. The fraction of sp³-hybridized carbons (Fsp3) is 0.286. The Hall–Kier alpha value is -2.30. The molecule has 0 aliphatic heterocycles. The van der Waals surface area contributed by atoms with Crippen molar-refractivity contribution < 1.29 is 9.90 Å². The van der Waals surface area contributed by atoms with E-state index >= 15 is 0 Å². The van der Waals surface area contributed by atoms with Crippen LogP contribution in [0.4, 0.5) is 5.69 Å². The van der Waals surface area contributed by atoms with Gasteiger partial charge in [-0.1, -0.05) is 6.07 Å². The largest absolute Gasteiger partial charge is 0.481 e. The number of rotatable bonds is 4. The molecule has 0 aliphatic rings. The van der Waals surface area contributed by atoms with Crippen LogP contribution in [-0.4, -0.2) is 15.6 Å². The second-order valence-electron chi connectivity index (χ2n) is 4.62. The Morgan fingerprint density at radius 1 is 1.37 bits per heavy atom. The number of carbonyl (C=O) groups is 1. The van der Waals surface area contributed by atoms with Crippen molar-refractivity contribution in [2.45, 2.75) is 25.8 Å². The van der Waals surface area contributed by atoms with E-state index in [-0.39, 0.29) is 18.0 Å². The quantitative estimate of drug-likeness (QED) is 0.823. The van der Waals surface area contributed by atoms with E-state index in [1.807, 2.05) is 6.92 Å². The van der Waals surface area contributed by atoms with Gasteiger partial charge in [-0.2, -0.15) is 0 Å². The van der Waals surface area contributed by atoms with Crippen molar-refractivity contribution in [3.8, 4) is 0 Å². The van der Waals surface area contributed by atoms with Gasteiger partial charge in [0, 0.05) is 35.1 Å². The third kappa shape index (κ3) is 2.59. The van der Waals surface area contributed by atoms with Gasteiger partial charge in [-0.15, -0.1) is 0 Å².